The summed E-state index contributed by atoms with van der Waals surface area (Å²) in [4.78, 5) is 4.34. The first kappa shape index (κ1) is 12.5. The number of hydrogen-bond donors (Lipinski definition) is 2. The van der Waals surface area contributed by atoms with Crippen molar-refractivity contribution in [3.05, 3.63) is 59.7 Å². The number of benzene rings is 2. The molecule has 1 atom stereocenters. The van der Waals surface area contributed by atoms with Crippen LogP contribution in [0.4, 0.5) is 5.69 Å². The molecule has 20 heavy (non-hydrogen) atoms. The Morgan fingerprint density at radius 2 is 1.75 bits per heavy atom. The molecule has 102 valence electrons. The van der Waals surface area contributed by atoms with Gasteiger partial charge in [0.25, 0.3) is 0 Å². The van der Waals surface area contributed by atoms with E-state index >= 15 is 0 Å². The molecule has 0 fully saturated rings. The summed E-state index contributed by atoms with van der Waals surface area (Å²) in [5.41, 5.74) is 3.22. The third kappa shape index (κ3) is 2.09. The fourth-order valence-electron chi connectivity index (χ4n) is 2.47. The number of amidine groups is 1. The number of nitrogens with one attached hydrogen (secondary N) is 2. The highest BCUT2D eigenvalue weighted by molar-refractivity contribution is 6.05. The highest BCUT2D eigenvalue weighted by atomic mass is 16.5. The standard InChI is InChI=1S/C16H17N3O/c1-17-15-11-7-3-5-9-13(11)18-16(19-15)12-8-4-6-10-14(12)20-2/h3-10,16,18H,1-2H3,(H,17,19). The van der Waals surface area contributed by atoms with E-state index in [-0.39, 0.29) is 6.17 Å². The lowest BCUT2D eigenvalue weighted by atomic mass is 10.0. The predicted molar refractivity (Wildman–Crippen MR) is 81.4 cm³/mol. The summed E-state index contributed by atoms with van der Waals surface area (Å²) in [6.45, 7) is 0. The number of nitrogens with zero attached hydrogens (tertiary/aromatic N) is 1. The zero-order valence-corrected chi connectivity index (χ0v) is 11.6. The maximum atomic E-state index is 5.44. The van der Waals surface area contributed by atoms with Crippen molar-refractivity contribution < 1.29 is 4.74 Å². The van der Waals surface area contributed by atoms with Crippen LogP contribution in [0.5, 0.6) is 5.75 Å². The number of hydrogen-bond acceptors (Lipinski definition) is 3. The van der Waals surface area contributed by atoms with E-state index in [0.717, 1.165) is 28.4 Å². The van der Waals surface area contributed by atoms with Crippen molar-refractivity contribution >= 4 is 11.5 Å². The lowest BCUT2D eigenvalue weighted by Crippen LogP contribution is -2.39. The molecule has 1 aliphatic rings. The first-order valence-electron chi connectivity index (χ1n) is 6.55. The molecule has 0 amide bonds. The van der Waals surface area contributed by atoms with Crippen molar-refractivity contribution in [1.82, 2.24) is 5.32 Å². The Hall–Kier alpha value is -2.49. The minimum Gasteiger partial charge on any atom is -0.496 e. The van der Waals surface area contributed by atoms with E-state index in [0.29, 0.717) is 0 Å². The zero-order chi connectivity index (χ0) is 13.9. The average molecular weight is 267 g/mol. The number of rotatable bonds is 2. The first-order chi connectivity index (χ1) is 9.83. The third-order valence-corrected chi connectivity index (χ3v) is 3.44. The van der Waals surface area contributed by atoms with E-state index in [4.69, 9.17) is 4.74 Å². The summed E-state index contributed by atoms with van der Waals surface area (Å²) in [5.74, 6) is 1.74. The molecule has 0 spiro atoms. The van der Waals surface area contributed by atoms with Crippen molar-refractivity contribution in [3.8, 4) is 5.75 Å². The van der Waals surface area contributed by atoms with Gasteiger partial charge in [-0.15, -0.1) is 0 Å². The first-order valence-corrected chi connectivity index (χ1v) is 6.55. The number of anilines is 1. The second kappa shape index (κ2) is 5.25. The minimum atomic E-state index is -0.0558. The molecule has 0 saturated heterocycles. The molecule has 4 heteroatoms. The molecular formula is C16H17N3O. The second-order valence-electron chi connectivity index (χ2n) is 4.58. The van der Waals surface area contributed by atoms with Gasteiger partial charge in [-0.3, -0.25) is 4.99 Å². The van der Waals surface area contributed by atoms with Gasteiger partial charge in [0.15, 0.2) is 0 Å². The minimum absolute atomic E-state index is 0.0558. The Morgan fingerprint density at radius 3 is 2.55 bits per heavy atom. The SMILES string of the molecule is CN=C1NC(c2ccccc2OC)Nc2ccccc21. The summed E-state index contributed by atoms with van der Waals surface area (Å²) in [6.07, 6.45) is -0.0558. The Bertz CT molecular complexity index is 652. The predicted octanol–water partition coefficient (Wildman–Crippen LogP) is 2.79. The summed E-state index contributed by atoms with van der Waals surface area (Å²) in [5, 5.41) is 6.89. The highest BCUT2D eigenvalue weighted by Crippen LogP contribution is 2.30. The Labute approximate surface area is 118 Å². The largest absolute Gasteiger partial charge is 0.496 e. The molecule has 0 aromatic heterocycles. The fraction of sp³-hybridized carbons (Fsp3) is 0.188. The normalized spacial score (nSPS) is 18.9. The maximum Gasteiger partial charge on any atom is 0.131 e. The molecule has 1 heterocycles. The van der Waals surface area contributed by atoms with E-state index in [1.165, 1.54) is 0 Å². The molecule has 1 unspecified atom stereocenters. The topological polar surface area (TPSA) is 45.7 Å². The van der Waals surface area contributed by atoms with Gasteiger partial charge in [-0.25, -0.2) is 0 Å². The summed E-state index contributed by atoms with van der Waals surface area (Å²) >= 11 is 0. The second-order valence-corrected chi connectivity index (χ2v) is 4.58. The van der Waals surface area contributed by atoms with Crippen LogP contribution >= 0.6 is 0 Å². The number of methoxy groups -OCH3 is 1. The van der Waals surface area contributed by atoms with Gasteiger partial charge in [-0.1, -0.05) is 30.3 Å². The molecule has 1 aliphatic heterocycles. The smallest absolute Gasteiger partial charge is 0.131 e. The number of ether oxygens (including phenoxy) is 1. The summed E-state index contributed by atoms with van der Waals surface area (Å²) in [6, 6.07) is 16.1. The van der Waals surface area contributed by atoms with E-state index in [1.54, 1.807) is 14.2 Å². The van der Waals surface area contributed by atoms with Crippen molar-refractivity contribution in [2.24, 2.45) is 4.99 Å². The lowest BCUT2D eigenvalue weighted by molar-refractivity contribution is 0.405. The van der Waals surface area contributed by atoms with Crippen LogP contribution in [-0.2, 0) is 0 Å². The van der Waals surface area contributed by atoms with Crippen LogP contribution in [0, 0.1) is 0 Å². The van der Waals surface area contributed by atoms with E-state index in [9.17, 15) is 0 Å². The molecule has 0 aliphatic carbocycles. The van der Waals surface area contributed by atoms with Crippen LogP contribution in [0.25, 0.3) is 0 Å². The van der Waals surface area contributed by atoms with E-state index in [2.05, 4.69) is 27.8 Å². The summed E-state index contributed by atoms with van der Waals surface area (Å²) in [7, 11) is 3.48. The van der Waals surface area contributed by atoms with Gasteiger partial charge in [-0.2, -0.15) is 0 Å². The number of para-hydroxylation sites is 2. The highest BCUT2D eigenvalue weighted by Gasteiger charge is 2.24. The zero-order valence-electron chi connectivity index (χ0n) is 11.6. The Balaban J connectivity index is 2.02. The Kier molecular flexibility index (Phi) is 3.29. The molecule has 2 N–H and O–H groups in total. The Morgan fingerprint density at radius 1 is 1.00 bits per heavy atom. The van der Waals surface area contributed by atoms with Crippen LogP contribution in [0.3, 0.4) is 0 Å². The number of aliphatic imine (C=N–C) groups is 1. The maximum absolute atomic E-state index is 5.44. The van der Waals surface area contributed by atoms with Crippen molar-refractivity contribution in [1.29, 1.82) is 0 Å². The third-order valence-electron chi connectivity index (χ3n) is 3.44. The van der Waals surface area contributed by atoms with Gasteiger partial charge in [0.2, 0.25) is 0 Å². The lowest BCUT2D eigenvalue weighted by Gasteiger charge is -2.31. The van der Waals surface area contributed by atoms with Gasteiger partial charge in [-0.05, 0) is 18.2 Å². The average Bonchev–Trinajstić information content (AvgIpc) is 2.53. The molecule has 2 aromatic rings. The van der Waals surface area contributed by atoms with Crippen LogP contribution < -0.4 is 15.4 Å². The van der Waals surface area contributed by atoms with Crippen molar-refractivity contribution in [2.75, 3.05) is 19.5 Å². The van der Waals surface area contributed by atoms with Crippen LogP contribution in [0.15, 0.2) is 53.5 Å². The van der Waals surface area contributed by atoms with Crippen molar-refractivity contribution in [3.63, 3.8) is 0 Å². The van der Waals surface area contributed by atoms with Crippen molar-refractivity contribution in [2.45, 2.75) is 6.17 Å². The van der Waals surface area contributed by atoms with Crippen LogP contribution in [-0.4, -0.2) is 20.0 Å². The fourth-order valence-corrected chi connectivity index (χ4v) is 2.47. The van der Waals surface area contributed by atoms with Gasteiger partial charge >= 0.3 is 0 Å². The molecule has 4 nitrogen and oxygen atoms in total. The molecule has 0 radical (unpaired) electrons. The van der Waals surface area contributed by atoms with Crippen LogP contribution in [0.2, 0.25) is 0 Å². The molecule has 3 rings (SSSR count). The van der Waals surface area contributed by atoms with Gasteiger partial charge in [0.05, 0.1) is 7.11 Å². The molecule has 0 saturated carbocycles. The van der Waals surface area contributed by atoms with Gasteiger partial charge in [0.1, 0.15) is 17.8 Å². The number of fused-ring (bicyclic) bond motifs is 1. The molecule has 0 bridgehead atoms. The molecule has 2 aromatic carbocycles. The van der Waals surface area contributed by atoms with E-state index < -0.39 is 0 Å². The summed E-state index contributed by atoms with van der Waals surface area (Å²) < 4.78 is 5.44. The molecular weight excluding hydrogens is 250 g/mol. The monoisotopic (exact) mass is 267 g/mol. The van der Waals surface area contributed by atoms with Gasteiger partial charge in [0, 0.05) is 23.9 Å². The van der Waals surface area contributed by atoms with Gasteiger partial charge < -0.3 is 15.4 Å². The van der Waals surface area contributed by atoms with Crippen LogP contribution in [0.1, 0.15) is 17.3 Å². The van der Waals surface area contributed by atoms with E-state index in [1.807, 2.05) is 36.4 Å². The quantitative estimate of drug-likeness (QED) is 0.879.